The van der Waals surface area contributed by atoms with Crippen molar-refractivity contribution in [1.82, 2.24) is 15.3 Å². The van der Waals surface area contributed by atoms with E-state index in [1.807, 2.05) is 12.4 Å². The number of nitrogens with two attached hydrogens (primary N) is 1. The van der Waals surface area contributed by atoms with Gasteiger partial charge in [-0.25, -0.2) is 9.97 Å². The second-order valence-electron chi connectivity index (χ2n) is 4.64. The highest BCUT2D eigenvalue weighted by Crippen LogP contribution is 2.40. The second kappa shape index (κ2) is 4.95. The minimum atomic E-state index is 0.0763. The van der Waals surface area contributed by atoms with E-state index in [9.17, 15) is 0 Å². The fraction of sp³-hybridized carbons (Fsp3) is 0.500. The third kappa shape index (κ3) is 2.28. The number of nitrogens with zero attached hydrogens (tertiary/aromatic N) is 2. The number of rotatable bonds is 4. The van der Waals surface area contributed by atoms with Crippen molar-refractivity contribution < 1.29 is 0 Å². The molecule has 2 aromatic heterocycles. The first kappa shape index (κ1) is 12.1. The van der Waals surface area contributed by atoms with E-state index >= 15 is 0 Å². The van der Waals surface area contributed by atoms with Gasteiger partial charge >= 0.3 is 0 Å². The Bertz CT molecular complexity index is 500. The molecule has 0 amide bonds. The van der Waals surface area contributed by atoms with Crippen molar-refractivity contribution in [3.63, 3.8) is 0 Å². The summed E-state index contributed by atoms with van der Waals surface area (Å²) in [6.45, 7) is 0.828. The largest absolute Gasteiger partial charge is 0.375 e. The van der Waals surface area contributed by atoms with E-state index in [0.717, 1.165) is 6.54 Å². The molecule has 3 N–H and O–H groups in total. The lowest BCUT2D eigenvalue weighted by atomic mass is 9.98. The first-order chi connectivity index (χ1) is 8.78. The third-order valence-corrected chi connectivity index (χ3v) is 5.27. The highest BCUT2D eigenvalue weighted by atomic mass is 32.1. The molecule has 0 bridgehead atoms. The molecule has 1 fully saturated rings. The van der Waals surface area contributed by atoms with Crippen LogP contribution in [-0.2, 0) is 12.1 Å². The van der Waals surface area contributed by atoms with Gasteiger partial charge in [0.25, 0.3) is 0 Å². The molecule has 3 rings (SSSR count). The van der Waals surface area contributed by atoms with Gasteiger partial charge < -0.3 is 11.1 Å². The molecule has 2 heterocycles. The highest BCUT2D eigenvalue weighted by molar-refractivity contribution is 7.15. The molecule has 0 aromatic carbocycles. The van der Waals surface area contributed by atoms with Gasteiger partial charge in [-0.3, -0.25) is 0 Å². The maximum absolute atomic E-state index is 5.66. The molecular formula is C12H16N4S2. The van der Waals surface area contributed by atoms with E-state index in [1.54, 1.807) is 22.7 Å². The summed E-state index contributed by atoms with van der Waals surface area (Å²) in [5, 5.41) is 7.61. The Balaban J connectivity index is 1.75. The normalized spacial score (nSPS) is 18.2. The van der Waals surface area contributed by atoms with Crippen molar-refractivity contribution in [2.45, 2.75) is 37.8 Å². The van der Waals surface area contributed by atoms with E-state index < -0.39 is 0 Å². The topological polar surface area (TPSA) is 63.8 Å². The molecule has 1 aliphatic carbocycles. The highest BCUT2D eigenvalue weighted by Gasteiger charge is 2.37. The number of hydrogen-bond acceptors (Lipinski definition) is 6. The van der Waals surface area contributed by atoms with Crippen LogP contribution in [0.4, 0.5) is 5.13 Å². The molecule has 1 aliphatic rings. The van der Waals surface area contributed by atoms with Crippen LogP contribution in [-0.4, -0.2) is 9.97 Å². The zero-order valence-corrected chi connectivity index (χ0v) is 11.7. The smallest absolute Gasteiger partial charge is 0.180 e. The summed E-state index contributed by atoms with van der Waals surface area (Å²) in [4.78, 5) is 9.79. The van der Waals surface area contributed by atoms with Crippen molar-refractivity contribution in [2.75, 3.05) is 5.73 Å². The molecule has 0 spiro atoms. The molecule has 0 aliphatic heterocycles. The quantitative estimate of drug-likeness (QED) is 0.904. The van der Waals surface area contributed by atoms with E-state index in [4.69, 9.17) is 5.73 Å². The summed E-state index contributed by atoms with van der Waals surface area (Å²) in [6.07, 6.45) is 8.66. The van der Waals surface area contributed by atoms with E-state index in [-0.39, 0.29) is 5.54 Å². The van der Waals surface area contributed by atoms with Gasteiger partial charge in [-0.1, -0.05) is 12.8 Å². The first-order valence-electron chi connectivity index (χ1n) is 6.14. The molecule has 0 unspecified atom stereocenters. The monoisotopic (exact) mass is 280 g/mol. The van der Waals surface area contributed by atoms with Gasteiger partial charge in [-0.05, 0) is 12.8 Å². The van der Waals surface area contributed by atoms with Crippen LogP contribution in [0.3, 0.4) is 0 Å². The first-order valence-corrected chi connectivity index (χ1v) is 7.83. The molecule has 0 radical (unpaired) electrons. The zero-order valence-electron chi connectivity index (χ0n) is 10.1. The molecule has 2 aromatic rings. The average molecular weight is 280 g/mol. The van der Waals surface area contributed by atoms with Crippen molar-refractivity contribution in [3.8, 4) is 0 Å². The van der Waals surface area contributed by atoms with Crippen LogP contribution in [0.1, 0.15) is 35.6 Å². The summed E-state index contributed by atoms with van der Waals surface area (Å²) in [5.74, 6) is 0. The number of nitrogens with one attached hydrogen (secondary N) is 1. The van der Waals surface area contributed by atoms with Gasteiger partial charge in [0.2, 0.25) is 0 Å². The minimum absolute atomic E-state index is 0.0763. The van der Waals surface area contributed by atoms with Gasteiger partial charge in [0, 0.05) is 29.2 Å². The standard InChI is InChI=1S/C12H16N4S2/c13-11-15-7-9(18-11)8-16-12(3-1-2-4-12)10-14-5-6-17-10/h5-7,16H,1-4,8H2,(H2,13,15). The van der Waals surface area contributed by atoms with Crippen LogP contribution in [0, 0.1) is 0 Å². The zero-order chi connectivity index (χ0) is 12.4. The Morgan fingerprint density at radius 1 is 1.33 bits per heavy atom. The number of anilines is 1. The molecule has 18 heavy (non-hydrogen) atoms. The Labute approximate surface area is 114 Å². The summed E-state index contributed by atoms with van der Waals surface area (Å²) in [6, 6.07) is 0. The lowest BCUT2D eigenvalue weighted by Gasteiger charge is -2.28. The summed E-state index contributed by atoms with van der Waals surface area (Å²) < 4.78 is 0. The number of hydrogen-bond donors (Lipinski definition) is 2. The number of aromatic nitrogens is 2. The summed E-state index contributed by atoms with van der Waals surface area (Å²) in [5.41, 5.74) is 5.74. The molecule has 6 heteroatoms. The number of thiazole rings is 2. The molecule has 0 saturated heterocycles. The minimum Gasteiger partial charge on any atom is -0.375 e. The predicted molar refractivity (Wildman–Crippen MR) is 75.6 cm³/mol. The fourth-order valence-corrected chi connectivity index (χ4v) is 4.06. The lowest BCUT2D eigenvalue weighted by molar-refractivity contribution is 0.338. The Morgan fingerprint density at radius 2 is 2.17 bits per heavy atom. The van der Waals surface area contributed by atoms with Crippen LogP contribution >= 0.6 is 22.7 Å². The molecule has 0 atom stereocenters. The second-order valence-corrected chi connectivity index (χ2v) is 6.69. The SMILES string of the molecule is Nc1ncc(CNC2(c3nccs3)CCCC2)s1. The van der Waals surface area contributed by atoms with Crippen LogP contribution in [0.15, 0.2) is 17.8 Å². The van der Waals surface area contributed by atoms with E-state index in [2.05, 4.69) is 20.7 Å². The Hall–Kier alpha value is -0.980. The summed E-state index contributed by atoms with van der Waals surface area (Å²) in [7, 11) is 0. The van der Waals surface area contributed by atoms with Gasteiger partial charge in [-0.2, -0.15) is 0 Å². The van der Waals surface area contributed by atoms with Crippen LogP contribution in [0.5, 0.6) is 0 Å². The predicted octanol–water partition coefficient (Wildman–Crippen LogP) is 2.74. The number of nitrogen functional groups attached to an aromatic ring is 1. The van der Waals surface area contributed by atoms with Crippen molar-refractivity contribution in [3.05, 3.63) is 27.7 Å². The van der Waals surface area contributed by atoms with Crippen molar-refractivity contribution >= 4 is 27.8 Å². The van der Waals surface area contributed by atoms with Crippen molar-refractivity contribution in [1.29, 1.82) is 0 Å². The van der Waals surface area contributed by atoms with Gasteiger partial charge in [0.15, 0.2) is 5.13 Å². The fourth-order valence-electron chi connectivity index (χ4n) is 2.57. The van der Waals surface area contributed by atoms with Crippen molar-refractivity contribution in [2.24, 2.45) is 0 Å². The maximum atomic E-state index is 5.66. The van der Waals surface area contributed by atoms with Gasteiger partial charge in [0.05, 0.1) is 5.54 Å². The Kier molecular flexibility index (Phi) is 3.32. The van der Waals surface area contributed by atoms with Crippen LogP contribution in [0.25, 0.3) is 0 Å². The van der Waals surface area contributed by atoms with E-state index in [1.165, 1.54) is 35.6 Å². The molecule has 4 nitrogen and oxygen atoms in total. The van der Waals surface area contributed by atoms with E-state index in [0.29, 0.717) is 5.13 Å². The van der Waals surface area contributed by atoms with Crippen LogP contribution < -0.4 is 11.1 Å². The maximum Gasteiger partial charge on any atom is 0.180 e. The molecule has 1 saturated carbocycles. The molecular weight excluding hydrogens is 264 g/mol. The molecule has 96 valence electrons. The third-order valence-electron chi connectivity index (χ3n) is 3.47. The lowest BCUT2D eigenvalue weighted by Crippen LogP contribution is -2.39. The van der Waals surface area contributed by atoms with Crippen LogP contribution in [0.2, 0.25) is 0 Å². The van der Waals surface area contributed by atoms with Gasteiger partial charge in [-0.15, -0.1) is 22.7 Å². The summed E-state index contributed by atoms with van der Waals surface area (Å²) >= 11 is 3.30. The van der Waals surface area contributed by atoms with Gasteiger partial charge in [0.1, 0.15) is 5.01 Å². The average Bonchev–Trinajstić information content (AvgIpc) is 3.08. The Morgan fingerprint density at radius 3 is 2.78 bits per heavy atom.